The van der Waals surface area contributed by atoms with E-state index < -0.39 is 11.9 Å². The molecule has 4 heteroatoms. The number of imide groups is 1. The third-order valence-corrected chi connectivity index (χ3v) is 0.529. The van der Waals surface area contributed by atoms with Gasteiger partial charge in [0.1, 0.15) is 0 Å². The van der Waals surface area contributed by atoms with Crippen molar-refractivity contribution in [3.05, 3.63) is 0 Å². The Morgan fingerprint density at radius 1 is 1.00 bits per heavy atom. The normalized spacial score (nSPS) is 10.9. The van der Waals surface area contributed by atoms with Crippen LogP contribution in [0.5, 0.6) is 0 Å². The molecule has 0 atom stereocenters. The first kappa shape index (κ1) is 17.8. The molecular weight excluding hydrogens is 168 g/mol. The summed E-state index contributed by atoms with van der Waals surface area (Å²) in [7, 11) is 0. The maximum absolute atomic E-state index is 9.97. The summed E-state index contributed by atoms with van der Waals surface area (Å²) in [4.78, 5) is 23.0. The molecule has 1 rings (SSSR count). The van der Waals surface area contributed by atoms with Crippen LogP contribution in [0.3, 0.4) is 0 Å². The molecule has 0 radical (unpaired) electrons. The van der Waals surface area contributed by atoms with Gasteiger partial charge in [0.2, 0.25) is 0 Å². The summed E-state index contributed by atoms with van der Waals surface area (Å²) < 4.78 is 0. The molecule has 78 valence electrons. The zero-order valence-corrected chi connectivity index (χ0v) is 9.34. The van der Waals surface area contributed by atoms with Gasteiger partial charge in [0.05, 0.1) is 6.21 Å². The lowest BCUT2D eigenvalue weighted by Crippen LogP contribution is -2.20. The average Bonchev–Trinajstić information content (AvgIpc) is 2.60. The highest BCUT2D eigenvalue weighted by molar-refractivity contribution is 6.35. The number of hydrogen-bond donors (Lipinski definition) is 1. The minimum atomic E-state index is -0.579. The molecule has 0 saturated heterocycles. The quantitative estimate of drug-likeness (QED) is 0.634. The summed E-state index contributed by atoms with van der Waals surface area (Å²) in [6, 6.07) is -0.579. The van der Waals surface area contributed by atoms with Crippen LogP contribution in [-0.4, -0.2) is 18.2 Å². The van der Waals surface area contributed by atoms with Crippen molar-refractivity contribution in [3.63, 3.8) is 0 Å². The predicted molar refractivity (Wildman–Crippen MR) is 56.1 cm³/mol. The summed E-state index contributed by atoms with van der Waals surface area (Å²) in [6.45, 7) is 12.0. The van der Waals surface area contributed by atoms with E-state index in [1.807, 2.05) is 46.9 Å². The van der Waals surface area contributed by atoms with Crippen LogP contribution in [0.1, 0.15) is 41.5 Å². The summed E-state index contributed by atoms with van der Waals surface area (Å²) in [6.07, 6.45) is 0.947. The molecule has 0 fully saturated rings. The molecule has 0 aromatic rings. The Bertz CT molecular complexity index is 138. The Kier molecular flexibility index (Phi) is 23.3. The van der Waals surface area contributed by atoms with Crippen LogP contribution in [0.25, 0.3) is 0 Å². The number of nitrogens with zero attached hydrogens (tertiary/aromatic N) is 1. The lowest BCUT2D eigenvalue weighted by atomic mass is 10.7. The molecule has 0 aromatic heterocycles. The fourth-order valence-corrected chi connectivity index (χ4v) is 0.287. The van der Waals surface area contributed by atoms with E-state index in [4.69, 9.17) is 0 Å². The molecule has 0 spiro atoms. The standard InChI is InChI=1S/C3H2N2O2.3C2H6/c6-2-1-4-3(7)5-2;3*1-2/h1H,(H,5,6,7);3*1-2H3. The lowest BCUT2D eigenvalue weighted by Gasteiger charge is -1.77. The van der Waals surface area contributed by atoms with Gasteiger partial charge in [-0.2, -0.15) is 4.99 Å². The Morgan fingerprint density at radius 3 is 1.46 bits per heavy atom. The lowest BCUT2D eigenvalue weighted by molar-refractivity contribution is -0.113. The molecule has 0 unspecified atom stereocenters. The number of rotatable bonds is 0. The largest absolute Gasteiger partial charge is 0.348 e. The van der Waals surface area contributed by atoms with Crippen LogP contribution in [0.4, 0.5) is 4.79 Å². The van der Waals surface area contributed by atoms with Crippen LogP contribution in [0.15, 0.2) is 4.99 Å². The topological polar surface area (TPSA) is 58.5 Å². The van der Waals surface area contributed by atoms with Gasteiger partial charge in [-0.05, 0) is 0 Å². The minimum absolute atomic E-state index is 0.440. The number of hydrogen-bond acceptors (Lipinski definition) is 2. The third-order valence-electron chi connectivity index (χ3n) is 0.529. The molecule has 0 aromatic carbocycles. The first-order valence-corrected chi connectivity index (χ1v) is 4.68. The fraction of sp³-hybridized carbons (Fsp3) is 0.667. The number of nitrogens with one attached hydrogen (secondary N) is 1. The number of aliphatic imine (C=N–C) groups is 1. The molecule has 1 aliphatic heterocycles. The van der Waals surface area contributed by atoms with Crippen LogP contribution in [0.2, 0.25) is 0 Å². The Labute approximate surface area is 80.4 Å². The summed E-state index contributed by atoms with van der Waals surface area (Å²) in [5, 5.41) is 1.92. The monoisotopic (exact) mass is 188 g/mol. The maximum Gasteiger partial charge on any atom is 0.348 e. The van der Waals surface area contributed by atoms with E-state index in [1.165, 1.54) is 0 Å². The van der Waals surface area contributed by atoms with Gasteiger partial charge < -0.3 is 0 Å². The summed E-state index contributed by atoms with van der Waals surface area (Å²) >= 11 is 0. The molecule has 0 bridgehead atoms. The number of urea groups is 1. The molecule has 4 nitrogen and oxygen atoms in total. The summed E-state index contributed by atoms with van der Waals surface area (Å²) in [5.41, 5.74) is 0. The molecule has 3 amide bonds. The second-order valence-electron chi connectivity index (χ2n) is 1.05. The van der Waals surface area contributed by atoms with E-state index >= 15 is 0 Å². The van der Waals surface area contributed by atoms with Gasteiger partial charge in [0, 0.05) is 0 Å². The molecule has 1 N–H and O–H groups in total. The van der Waals surface area contributed by atoms with Gasteiger partial charge in [-0.15, -0.1) is 0 Å². The number of amides is 3. The van der Waals surface area contributed by atoms with Gasteiger partial charge in [-0.1, -0.05) is 41.5 Å². The van der Waals surface area contributed by atoms with Crippen molar-refractivity contribution in [1.82, 2.24) is 5.32 Å². The van der Waals surface area contributed by atoms with Crippen LogP contribution < -0.4 is 5.32 Å². The average molecular weight is 188 g/mol. The van der Waals surface area contributed by atoms with Gasteiger partial charge in [0.25, 0.3) is 5.91 Å². The Morgan fingerprint density at radius 2 is 1.38 bits per heavy atom. The molecule has 0 aliphatic carbocycles. The van der Waals surface area contributed by atoms with Gasteiger partial charge in [-0.25, -0.2) is 4.79 Å². The highest BCUT2D eigenvalue weighted by Gasteiger charge is 2.08. The van der Waals surface area contributed by atoms with Gasteiger partial charge in [-0.3, -0.25) is 10.1 Å². The molecule has 13 heavy (non-hydrogen) atoms. The van der Waals surface area contributed by atoms with E-state index in [9.17, 15) is 9.59 Å². The van der Waals surface area contributed by atoms with Crippen molar-refractivity contribution in [2.75, 3.05) is 0 Å². The van der Waals surface area contributed by atoms with Crippen LogP contribution in [-0.2, 0) is 4.79 Å². The molecular formula is C9H20N2O2. The SMILES string of the molecule is CC.CC.CC.O=C1C=NC(=O)N1. The van der Waals surface area contributed by atoms with E-state index in [0.29, 0.717) is 0 Å². The van der Waals surface area contributed by atoms with Crippen molar-refractivity contribution in [3.8, 4) is 0 Å². The van der Waals surface area contributed by atoms with Crippen molar-refractivity contribution in [2.45, 2.75) is 41.5 Å². The zero-order chi connectivity index (χ0) is 11.3. The van der Waals surface area contributed by atoms with Gasteiger partial charge >= 0.3 is 6.03 Å². The maximum atomic E-state index is 9.97. The van der Waals surface area contributed by atoms with Crippen molar-refractivity contribution < 1.29 is 9.59 Å². The predicted octanol–water partition coefficient (Wildman–Crippen LogP) is 2.39. The first-order chi connectivity index (χ1) is 6.29. The van der Waals surface area contributed by atoms with Crippen molar-refractivity contribution in [2.24, 2.45) is 4.99 Å². The first-order valence-electron chi connectivity index (χ1n) is 4.68. The van der Waals surface area contributed by atoms with Gasteiger partial charge in [0.15, 0.2) is 0 Å². The molecule has 0 saturated carbocycles. The smallest absolute Gasteiger partial charge is 0.271 e. The summed E-state index contributed by atoms with van der Waals surface area (Å²) in [5.74, 6) is -0.440. The Balaban J connectivity index is -0.000000144. The zero-order valence-electron chi connectivity index (χ0n) is 9.34. The van der Waals surface area contributed by atoms with Crippen molar-refractivity contribution >= 4 is 18.2 Å². The van der Waals surface area contributed by atoms with E-state index in [0.717, 1.165) is 6.21 Å². The van der Waals surface area contributed by atoms with Crippen LogP contribution in [0, 0.1) is 0 Å². The van der Waals surface area contributed by atoms with Crippen LogP contribution >= 0.6 is 0 Å². The minimum Gasteiger partial charge on any atom is -0.271 e. The van der Waals surface area contributed by atoms with E-state index in [-0.39, 0.29) is 0 Å². The molecule has 1 heterocycles. The van der Waals surface area contributed by atoms with Crippen molar-refractivity contribution in [1.29, 1.82) is 0 Å². The number of carbonyl (C=O) groups excluding carboxylic acids is 2. The van der Waals surface area contributed by atoms with E-state index in [1.54, 1.807) is 0 Å². The van der Waals surface area contributed by atoms with E-state index in [2.05, 4.69) is 4.99 Å². The Hall–Kier alpha value is -1.19. The second kappa shape index (κ2) is 17.1. The number of carbonyl (C=O) groups is 2. The fourth-order valence-electron chi connectivity index (χ4n) is 0.287. The third kappa shape index (κ3) is 13.8. The highest BCUT2D eigenvalue weighted by atomic mass is 16.2. The second-order valence-corrected chi connectivity index (χ2v) is 1.05. The highest BCUT2D eigenvalue weighted by Crippen LogP contribution is 1.78. The molecule has 1 aliphatic rings.